The molecule has 0 aliphatic carbocycles. The summed E-state index contributed by atoms with van der Waals surface area (Å²) in [6.07, 6.45) is 1.36. The van der Waals surface area contributed by atoms with Crippen LogP contribution in [0.15, 0.2) is 24.3 Å². The van der Waals surface area contributed by atoms with E-state index in [-0.39, 0.29) is 12.6 Å². The summed E-state index contributed by atoms with van der Waals surface area (Å²) in [7, 11) is 0. The molecule has 1 atom stereocenters. The first-order valence-corrected chi connectivity index (χ1v) is 9.08. The largest absolute Gasteiger partial charge is 0.481 e. The Hall–Kier alpha value is -2.20. The van der Waals surface area contributed by atoms with E-state index in [9.17, 15) is 9.59 Å². The second-order valence-corrected chi connectivity index (χ2v) is 6.78. The summed E-state index contributed by atoms with van der Waals surface area (Å²) in [4.78, 5) is 24.7. The van der Waals surface area contributed by atoms with Crippen molar-refractivity contribution in [1.82, 2.24) is 10.2 Å². The van der Waals surface area contributed by atoms with E-state index in [1.165, 1.54) is 0 Å². The monoisotopic (exact) mass is 347 g/mol. The summed E-state index contributed by atoms with van der Waals surface area (Å²) in [5, 5.41) is 20.9. The number of carboxylic acid groups (broad SMARTS) is 1. The molecule has 0 saturated carbocycles. The summed E-state index contributed by atoms with van der Waals surface area (Å²) in [5.41, 5.74) is 1.68. The molecule has 0 radical (unpaired) electrons. The van der Waals surface area contributed by atoms with E-state index < -0.39 is 11.9 Å². The Labute approximate surface area is 145 Å². The number of likely N-dealkylation sites (tertiary alicyclic amines) is 1. The number of thioether (sulfide) groups is 1. The average Bonchev–Trinajstić information content (AvgIpc) is 2.61. The van der Waals surface area contributed by atoms with Gasteiger partial charge in [0.25, 0.3) is 0 Å². The van der Waals surface area contributed by atoms with Crippen molar-refractivity contribution in [3.8, 4) is 6.07 Å². The van der Waals surface area contributed by atoms with E-state index in [0.717, 1.165) is 23.5 Å². The van der Waals surface area contributed by atoms with Gasteiger partial charge in [0, 0.05) is 31.1 Å². The fourth-order valence-electron chi connectivity index (χ4n) is 2.64. The van der Waals surface area contributed by atoms with Crippen molar-refractivity contribution < 1.29 is 14.7 Å². The zero-order chi connectivity index (χ0) is 17.4. The molecule has 2 rings (SSSR count). The van der Waals surface area contributed by atoms with Crippen molar-refractivity contribution in [3.05, 3.63) is 35.4 Å². The van der Waals surface area contributed by atoms with Gasteiger partial charge in [-0.05, 0) is 24.5 Å². The maximum absolute atomic E-state index is 12.1. The van der Waals surface area contributed by atoms with E-state index in [1.807, 2.05) is 18.2 Å². The molecule has 0 bridgehead atoms. The second-order valence-electron chi connectivity index (χ2n) is 5.68. The number of hydrogen-bond acceptors (Lipinski definition) is 4. The van der Waals surface area contributed by atoms with Gasteiger partial charge in [0.15, 0.2) is 0 Å². The molecular formula is C17H21N3O3S. The number of amides is 2. The van der Waals surface area contributed by atoms with E-state index in [1.54, 1.807) is 22.7 Å². The predicted octanol–water partition coefficient (Wildman–Crippen LogP) is 2.30. The minimum Gasteiger partial charge on any atom is -0.481 e. The number of aliphatic carboxylic acids is 1. The zero-order valence-corrected chi connectivity index (χ0v) is 14.2. The number of nitrogens with zero attached hydrogens (tertiary/aromatic N) is 2. The number of rotatable bonds is 6. The van der Waals surface area contributed by atoms with Crippen LogP contribution in [0, 0.1) is 17.2 Å². The Balaban J connectivity index is 1.68. The van der Waals surface area contributed by atoms with Crippen molar-refractivity contribution >= 4 is 23.8 Å². The fraction of sp³-hybridized carbons (Fsp3) is 0.471. The first-order chi connectivity index (χ1) is 11.6. The molecule has 7 heteroatoms. The topological polar surface area (TPSA) is 93.4 Å². The van der Waals surface area contributed by atoms with E-state index in [2.05, 4.69) is 11.4 Å². The minimum absolute atomic E-state index is 0.195. The van der Waals surface area contributed by atoms with E-state index in [0.29, 0.717) is 25.1 Å². The van der Waals surface area contributed by atoms with Crippen molar-refractivity contribution in [2.24, 2.45) is 5.92 Å². The smallest absolute Gasteiger partial charge is 0.317 e. The fourth-order valence-corrected chi connectivity index (χ4v) is 3.50. The predicted molar refractivity (Wildman–Crippen MR) is 92.7 cm³/mol. The van der Waals surface area contributed by atoms with Crippen LogP contribution < -0.4 is 5.32 Å². The number of piperidine rings is 1. The Morgan fingerprint density at radius 2 is 2.21 bits per heavy atom. The third-order valence-corrected chi connectivity index (χ3v) is 4.98. The molecule has 2 N–H and O–H groups in total. The highest BCUT2D eigenvalue weighted by molar-refractivity contribution is 7.98. The maximum Gasteiger partial charge on any atom is 0.317 e. The lowest BCUT2D eigenvalue weighted by Gasteiger charge is -2.30. The number of benzene rings is 1. The molecule has 1 fully saturated rings. The van der Waals surface area contributed by atoms with Crippen LogP contribution in [0.3, 0.4) is 0 Å². The summed E-state index contributed by atoms with van der Waals surface area (Å²) in [6.45, 7) is 1.41. The number of urea groups is 1. The van der Waals surface area contributed by atoms with Crippen molar-refractivity contribution in [2.45, 2.75) is 18.6 Å². The maximum atomic E-state index is 12.1. The molecule has 0 aromatic heterocycles. The van der Waals surface area contributed by atoms with Crippen LogP contribution in [-0.2, 0) is 10.5 Å². The molecule has 1 aromatic rings. The van der Waals surface area contributed by atoms with Gasteiger partial charge in [0.1, 0.15) is 0 Å². The lowest BCUT2D eigenvalue weighted by Crippen LogP contribution is -2.47. The minimum atomic E-state index is -0.834. The number of carbonyl (C=O) groups excluding carboxylic acids is 1. The number of nitrogens with one attached hydrogen (secondary N) is 1. The van der Waals surface area contributed by atoms with Gasteiger partial charge in [-0.2, -0.15) is 17.0 Å². The van der Waals surface area contributed by atoms with Gasteiger partial charge in [-0.15, -0.1) is 0 Å². The lowest BCUT2D eigenvalue weighted by atomic mass is 9.99. The lowest BCUT2D eigenvalue weighted by molar-refractivity contribution is -0.143. The van der Waals surface area contributed by atoms with Crippen molar-refractivity contribution in [1.29, 1.82) is 5.26 Å². The van der Waals surface area contributed by atoms with Crippen molar-refractivity contribution in [2.75, 3.05) is 25.4 Å². The first-order valence-electron chi connectivity index (χ1n) is 7.93. The molecule has 1 heterocycles. The molecule has 1 unspecified atom stereocenters. The molecule has 128 valence electrons. The highest BCUT2D eigenvalue weighted by Gasteiger charge is 2.27. The molecule has 1 aromatic carbocycles. The third-order valence-electron chi connectivity index (χ3n) is 3.98. The summed E-state index contributed by atoms with van der Waals surface area (Å²) >= 11 is 1.65. The van der Waals surface area contributed by atoms with Crippen LogP contribution in [0.1, 0.15) is 24.0 Å². The van der Waals surface area contributed by atoms with Gasteiger partial charge >= 0.3 is 12.0 Å². The zero-order valence-electron chi connectivity index (χ0n) is 13.4. The number of carboxylic acids is 1. The Kier molecular flexibility index (Phi) is 6.94. The molecule has 24 heavy (non-hydrogen) atoms. The molecule has 0 spiro atoms. The first kappa shape index (κ1) is 18.1. The molecule has 2 amide bonds. The molecule has 1 saturated heterocycles. The van der Waals surface area contributed by atoms with Gasteiger partial charge in [-0.3, -0.25) is 4.79 Å². The van der Waals surface area contributed by atoms with Crippen molar-refractivity contribution in [3.63, 3.8) is 0 Å². The summed E-state index contributed by atoms with van der Waals surface area (Å²) in [6, 6.07) is 9.46. The Bertz CT molecular complexity index is 630. The standard InChI is InChI=1S/C17H21N3O3S/c18-10-13-4-1-2-5-15(13)12-24-9-7-19-17(23)20-8-3-6-14(11-20)16(21)22/h1-2,4-5,14H,3,6-9,11-12H2,(H,19,23)(H,21,22). The highest BCUT2D eigenvalue weighted by atomic mass is 32.2. The molecule has 1 aliphatic heterocycles. The van der Waals surface area contributed by atoms with E-state index in [4.69, 9.17) is 10.4 Å². The Morgan fingerprint density at radius 3 is 2.96 bits per heavy atom. The molecule has 6 nitrogen and oxygen atoms in total. The molecule has 1 aliphatic rings. The van der Waals surface area contributed by atoms with Crippen LogP contribution in [0.25, 0.3) is 0 Å². The van der Waals surface area contributed by atoms with Crippen LogP contribution >= 0.6 is 11.8 Å². The third kappa shape index (κ3) is 5.17. The number of nitriles is 1. The quantitative estimate of drug-likeness (QED) is 0.770. The summed E-state index contributed by atoms with van der Waals surface area (Å²) in [5.74, 6) is 0.173. The van der Waals surface area contributed by atoms with Gasteiger partial charge in [-0.1, -0.05) is 18.2 Å². The van der Waals surface area contributed by atoms with Crippen LogP contribution in [0.2, 0.25) is 0 Å². The average molecular weight is 347 g/mol. The Morgan fingerprint density at radius 1 is 1.42 bits per heavy atom. The van der Waals surface area contributed by atoms with Gasteiger partial charge < -0.3 is 15.3 Å². The SMILES string of the molecule is N#Cc1ccccc1CSCCNC(=O)N1CCCC(C(=O)O)C1. The molecular weight excluding hydrogens is 326 g/mol. The second kappa shape index (κ2) is 9.18. The van der Waals surface area contributed by atoms with Crippen LogP contribution in [-0.4, -0.2) is 47.4 Å². The van der Waals surface area contributed by atoms with Gasteiger partial charge in [0.2, 0.25) is 0 Å². The number of carbonyl (C=O) groups is 2. The highest BCUT2D eigenvalue weighted by Crippen LogP contribution is 2.17. The van der Waals surface area contributed by atoms with Crippen LogP contribution in [0.4, 0.5) is 4.79 Å². The van der Waals surface area contributed by atoms with Gasteiger partial charge in [-0.25, -0.2) is 4.79 Å². The van der Waals surface area contributed by atoms with Crippen LogP contribution in [0.5, 0.6) is 0 Å². The summed E-state index contributed by atoms with van der Waals surface area (Å²) < 4.78 is 0. The van der Waals surface area contributed by atoms with Gasteiger partial charge in [0.05, 0.1) is 17.6 Å². The normalized spacial score (nSPS) is 17.1. The number of hydrogen-bond donors (Lipinski definition) is 2. The van der Waals surface area contributed by atoms with E-state index >= 15 is 0 Å².